The van der Waals surface area contributed by atoms with Crippen molar-refractivity contribution in [2.75, 3.05) is 39.7 Å². The summed E-state index contributed by atoms with van der Waals surface area (Å²) in [6, 6.07) is 3.47. The third kappa shape index (κ3) is 5.81. The van der Waals surface area contributed by atoms with Crippen molar-refractivity contribution >= 4 is 18.0 Å². The number of nitrogens with one attached hydrogen (secondary N) is 2. The minimum Gasteiger partial charge on any atom is -0.493 e. The molecule has 0 aliphatic carbocycles. The van der Waals surface area contributed by atoms with Crippen molar-refractivity contribution in [2.45, 2.75) is 31.9 Å². The van der Waals surface area contributed by atoms with E-state index in [9.17, 15) is 14.9 Å². The lowest BCUT2D eigenvalue weighted by Gasteiger charge is -2.25. The van der Waals surface area contributed by atoms with Gasteiger partial charge in [-0.05, 0) is 56.0 Å². The maximum Gasteiger partial charge on any atom is 0.336 e. The third-order valence-corrected chi connectivity index (χ3v) is 5.75. The highest BCUT2D eigenvalue weighted by Crippen LogP contribution is 2.39. The van der Waals surface area contributed by atoms with Crippen LogP contribution in [0.5, 0.6) is 17.2 Å². The second-order valence-electron chi connectivity index (χ2n) is 7.75. The monoisotopic (exact) mass is 475 g/mol. The van der Waals surface area contributed by atoms with E-state index in [2.05, 4.69) is 20.6 Å². The van der Waals surface area contributed by atoms with Crippen LogP contribution >= 0.6 is 0 Å². The van der Waals surface area contributed by atoms with Crippen LogP contribution in [-0.4, -0.2) is 55.8 Å². The average Bonchev–Trinajstić information content (AvgIpc) is 2.86. The highest BCUT2D eigenvalue weighted by atomic mass is 16.6. The predicted molar refractivity (Wildman–Crippen MR) is 122 cm³/mol. The molecule has 1 atom stereocenters. The molecule has 2 heterocycles. The number of ether oxygens (including phenoxy) is 4. The fourth-order valence-corrected chi connectivity index (χ4v) is 4.08. The van der Waals surface area contributed by atoms with Crippen molar-refractivity contribution in [3.05, 3.63) is 39.8 Å². The van der Waals surface area contributed by atoms with Crippen molar-refractivity contribution in [1.82, 2.24) is 15.3 Å². The SMILES string of the molecule is COc1cc(CNc2ncnc(C(CC3CCNCC3)OC=O)c2[N+](=O)[O-])cc(OC)c1OC. The van der Waals surface area contributed by atoms with Crippen LogP contribution in [0.1, 0.15) is 36.6 Å². The maximum absolute atomic E-state index is 12.0. The molecule has 1 aromatic heterocycles. The molecule has 184 valence electrons. The number of aromatic nitrogens is 2. The highest BCUT2D eigenvalue weighted by molar-refractivity contribution is 5.60. The summed E-state index contributed by atoms with van der Waals surface area (Å²) >= 11 is 0. The highest BCUT2D eigenvalue weighted by Gasteiger charge is 2.32. The number of methoxy groups -OCH3 is 3. The minimum absolute atomic E-state index is 0.0218. The number of carbonyl (C=O) groups is 1. The molecule has 0 radical (unpaired) electrons. The van der Waals surface area contributed by atoms with Crippen LogP contribution in [-0.2, 0) is 16.1 Å². The number of nitrogens with zero attached hydrogens (tertiary/aromatic N) is 3. The molecule has 1 aliphatic heterocycles. The van der Waals surface area contributed by atoms with Crippen LogP contribution in [0.4, 0.5) is 11.5 Å². The molecule has 2 N–H and O–H groups in total. The van der Waals surface area contributed by atoms with Gasteiger partial charge < -0.3 is 29.6 Å². The standard InChI is InChI=1S/C22H29N5O7/c1-31-17-9-15(10-18(32-2)21(17)33-3)11-24-22-20(27(29)30)19(25-12-26-22)16(34-13-28)8-14-4-6-23-7-5-14/h9-10,12-14,16,23H,4-8,11H2,1-3H3,(H,24,25,26). The van der Waals surface area contributed by atoms with Crippen LogP contribution in [0.2, 0.25) is 0 Å². The van der Waals surface area contributed by atoms with Gasteiger partial charge in [-0.2, -0.15) is 0 Å². The van der Waals surface area contributed by atoms with Crippen molar-refractivity contribution in [1.29, 1.82) is 0 Å². The van der Waals surface area contributed by atoms with Gasteiger partial charge in [-0.25, -0.2) is 9.97 Å². The van der Waals surface area contributed by atoms with Crippen molar-refractivity contribution in [2.24, 2.45) is 5.92 Å². The molecule has 0 spiro atoms. The Morgan fingerprint density at radius 2 is 1.85 bits per heavy atom. The quantitative estimate of drug-likeness (QED) is 0.265. The molecular formula is C22H29N5O7. The second-order valence-corrected chi connectivity index (χ2v) is 7.75. The first-order valence-corrected chi connectivity index (χ1v) is 10.8. The number of hydrogen-bond acceptors (Lipinski definition) is 11. The summed E-state index contributed by atoms with van der Waals surface area (Å²) in [4.78, 5) is 30.8. The van der Waals surface area contributed by atoms with Crippen molar-refractivity contribution in [3.8, 4) is 17.2 Å². The van der Waals surface area contributed by atoms with E-state index >= 15 is 0 Å². The van der Waals surface area contributed by atoms with Crippen LogP contribution in [0, 0.1) is 16.0 Å². The third-order valence-electron chi connectivity index (χ3n) is 5.75. The summed E-state index contributed by atoms with van der Waals surface area (Å²) in [6.07, 6.45) is 2.62. The molecular weight excluding hydrogens is 446 g/mol. The van der Waals surface area contributed by atoms with Gasteiger partial charge in [0.05, 0.1) is 26.3 Å². The smallest absolute Gasteiger partial charge is 0.336 e. The summed E-state index contributed by atoms with van der Waals surface area (Å²) < 4.78 is 21.3. The first-order valence-electron chi connectivity index (χ1n) is 10.8. The van der Waals surface area contributed by atoms with Gasteiger partial charge in [-0.1, -0.05) is 0 Å². The Morgan fingerprint density at radius 3 is 2.41 bits per heavy atom. The molecule has 12 heteroatoms. The van der Waals surface area contributed by atoms with E-state index in [-0.39, 0.29) is 29.7 Å². The average molecular weight is 476 g/mol. The lowest BCUT2D eigenvalue weighted by molar-refractivity contribution is -0.385. The van der Waals surface area contributed by atoms with E-state index in [0.29, 0.717) is 30.1 Å². The molecule has 0 saturated carbocycles. The maximum atomic E-state index is 12.0. The van der Waals surface area contributed by atoms with Gasteiger partial charge in [-0.3, -0.25) is 14.9 Å². The Hall–Kier alpha value is -3.67. The van der Waals surface area contributed by atoms with Crippen molar-refractivity contribution in [3.63, 3.8) is 0 Å². The van der Waals surface area contributed by atoms with Crippen molar-refractivity contribution < 1.29 is 28.7 Å². The Balaban J connectivity index is 1.88. The Bertz CT molecular complexity index is 973. The first-order chi connectivity index (χ1) is 16.5. The van der Waals surface area contributed by atoms with E-state index in [4.69, 9.17) is 18.9 Å². The molecule has 0 amide bonds. The Labute approximate surface area is 197 Å². The summed E-state index contributed by atoms with van der Waals surface area (Å²) in [5.74, 6) is 1.64. The zero-order chi connectivity index (χ0) is 24.5. The van der Waals surface area contributed by atoms with Gasteiger partial charge in [0.1, 0.15) is 6.33 Å². The molecule has 12 nitrogen and oxygen atoms in total. The molecule has 0 bridgehead atoms. The number of rotatable bonds is 12. The molecule has 1 saturated heterocycles. The molecule has 1 aliphatic rings. The van der Waals surface area contributed by atoms with E-state index in [1.165, 1.54) is 27.7 Å². The second kappa shape index (κ2) is 12.0. The molecule has 1 aromatic carbocycles. The van der Waals surface area contributed by atoms with Gasteiger partial charge in [0.2, 0.25) is 11.6 Å². The van der Waals surface area contributed by atoms with E-state index in [0.717, 1.165) is 31.5 Å². The minimum atomic E-state index is -0.842. The zero-order valence-corrected chi connectivity index (χ0v) is 19.4. The number of nitro groups is 1. The number of anilines is 1. The number of piperidine rings is 1. The normalized spacial score (nSPS) is 14.7. The van der Waals surface area contributed by atoms with E-state index < -0.39 is 11.0 Å². The summed E-state index contributed by atoms with van der Waals surface area (Å²) in [7, 11) is 4.52. The van der Waals surface area contributed by atoms with Gasteiger partial charge in [0.25, 0.3) is 6.47 Å². The molecule has 3 rings (SSSR count). The number of carbonyl (C=O) groups excluding carboxylic acids is 1. The Morgan fingerprint density at radius 1 is 1.18 bits per heavy atom. The fraction of sp³-hybridized carbons (Fsp3) is 0.500. The predicted octanol–water partition coefficient (Wildman–Crippen LogP) is 2.63. The van der Waals surface area contributed by atoms with Gasteiger partial charge in [0.15, 0.2) is 23.3 Å². The number of hydrogen-bond donors (Lipinski definition) is 2. The molecule has 2 aromatic rings. The van der Waals surface area contributed by atoms with Gasteiger partial charge in [0, 0.05) is 6.54 Å². The summed E-state index contributed by atoms with van der Waals surface area (Å²) in [5, 5.41) is 18.3. The lowest BCUT2D eigenvalue weighted by Crippen LogP contribution is -2.29. The topological polar surface area (TPSA) is 147 Å². The van der Waals surface area contributed by atoms with E-state index in [1.807, 2.05) is 0 Å². The van der Waals surface area contributed by atoms with Gasteiger partial charge in [-0.15, -0.1) is 0 Å². The van der Waals surface area contributed by atoms with Crippen LogP contribution in [0.25, 0.3) is 0 Å². The van der Waals surface area contributed by atoms with Crippen LogP contribution < -0.4 is 24.8 Å². The van der Waals surface area contributed by atoms with Gasteiger partial charge >= 0.3 is 5.69 Å². The van der Waals surface area contributed by atoms with E-state index in [1.54, 1.807) is 12.1 Å². The molecule has 1 fully saturated rings. The lowest BCUT2D eigenvalue weighted by atomic mass is 9.90. The molecule has 1 unspecified atom stereocenters. The zero-order valence-electron chi connectivity index (χ0n) is 19.4. The fourth-order valence-electron chi connectivity index (χ4n) is 4.08. The summed E-state index contributed by atoms with van der Waals surface area (Å²) in [5.41, 5.74) is 0.466. The number of benzene rings is 1. The first kappa shape index (κ1) is 25.0. The summed E-state index contributed by atoms with van der Waals surface area (Å²) in [6.45, 7) is 2.19. The largest absolute Gasteiger partial charge is 0.493 e. The van der Waals surface area contributed by atoms with Crippen LogP contribution in [0.3, 0.4) is 0 Å². The Kier molecular flexibility index (Phi) is 8.79. The van der Waals surface area contributed by atoms with Crippen LogP contribution in [0.15, 0.2) is 18.5 Å². The molecule has 34 heavy (non-hydrogen) atoms.